The maximum Gasteiger partial charge on any atom is 0.329 e. The lowest BCUT2D eigenvalue weighted by molar-refractivity contribution is 0.257. The number of halogens is 2. The second-order valence-electron chi connectivity index (χ2n) is 5.84. The van der Waals surface area contributed by atoms with Crippen LogP contribution < -0.4 is 15.6 Å². The van der Waals surface area contributed by atoms with Gasteiger partial charge in [-0.1, -0.05) is 23.2 Å². The molecule has 2 aromatic heterocycles. The van der Waals surface area contributed by atoms with Crippen molar-refractivity contribution in [3.63, 3.8) is 0 Å². The third-order valence-electron chi connectivity index (χ3n) is 3.92. The number of nitrogens with one attached hydrogen (secondary N) is 2. The van der Waals surface area contributed by atoms with Gasteiger partial charge in [0.15, 0.2) is 0 Å². The van der Waals surface area contributed by atoms with Crippen LogP contribution in [0.4, 0.5) is 10.5 Å². The van der Waals surface area contributed by atoms with Gasteiger partial charge in [0.25, 0.3) is 5.56 Å². The van der Waals surface area contributed by atoms with Crippen LogP contribution in [-0.2, 0) is 0 Å². The molecule has 6 nitrogen and oxygen atoms in total. The molecule has 0 aliphatic carbocycles. The highest BCUT2D eigenvalue weighted by molar-refractivity contribution is 7.99. The van der Waals surface area contributed by atoms with Crippen molar-refractivity contribution < 1.29 is 4.79 Å². The van der Waals surface area contributed by atoms with Gasteiger partial charge in [0, 0.05) is 10.7 Å². The summed E-state index contributed by atoms with van der Waals surface area (Å²) in [7, 11) is 0. The lowest BCUT2D eigenvalue weighted by Crippen LogP contribution is -2.22. The summed E-state index contributed by atoms with van der Waals surface area (Å²) in [5.74, 6) is 0. The summed E-state index contributed by atoms with van der Waals surface area (Å²) in [5.41, 5.74) is 1.57. The number of anilines is 1. The monoisotopic (exact) mass is 462 g/mol. The van der Waals surface area contributed by atoms with E-state index in [1.807, 2.05) is 6.07 Å². The van der Waals surface area contributed by atoms with Crippen LogP contribution in [-0.4, -0.2) is 15.6 Å². The summed E-state index contributed by atoms with van der Waals surface area (Å²) in [6.45, 7) is 0. The van der Waals surface area contributed by atoms with E-state index in [4.69, 9.17) is 23.2 Å². The van der Waals surface area contributed by atoms with Gasteiger partial charge in [-0.2, -0.15) is 0 Å². The molecule has 29 heavy (non-hydrogen) atoms. The molecule has 0 bridgehead atoms. The highest BCUT2D eigenvalue weighted by Crippen LogP contribution is 2.28. The van der Waals surface area contributed by atoms with E-state index >= 15 is 0 Å². The lowest BCUT2D eigenvalue weighted by atomic mass is 10.2. The van der Waals surface area contributed by atoms with E-state index in [1.54, 1.807) is 48.5 Å². The van der Waals surface area contributed by atoms with Gasteiger partial charge in [-0.3, -0.25) is 14.1 Å². The number of urea groups is 1. The van der Waals surface area contributed by atoms with Crippen molar-refractivity contribution in [2.45, 2.75) is 4.21 Å². The summed E-state index contributed by atoms with van der Waals surface area (Å²) in [6.07, 6.45) is 1.47. The van der Waals surface area contributed by atoms with E-state index < -0.39 is 0 Å². The first-order valence-corrected chi connectivity index (χ1v) is 10.6. The number of amides is 2. The smallest absolute Gasteiger partial charge is 0.307 e. The van der Waals surface area contributed by atoms with Crippen LogP contribution in [0.1, 0.15) is 0 Å². The van der Waals surface area contributed by atoms with E-state index in [0.29, 0.717) is 31.6 Å². The van der Waals surface area contributed by atoms with Crippen LogP contribution in [0.5, 0.6) is 0 Å². The Labute approximate surface area is 183 Å². The number of fused-ring (bicyclic) bond motifs is 1. The molecule has 0 spiro atoms. The predicted molar refractivity (Wildman–Crippen MR) is 120 cm³/mol. The van der Waals surface area contributed by atoms with Crippen LogP contribution in [0.15, 0.2) is 69.9 Å². The van der Waals surface area contributed by atoms with Crippen LogP contribution in [0, 0.1) is 0 Å². The molecule has 146 valence electrons. The molecule has 2 aromatic carbocycles. The van der Waals surface area contributed by atoms with Gasteiger partial charge in [-0.15, -0.1) is 11.3 Å². The first-order chi connectivity index (χ1) is 14.0. The maximum absolute atomic E-state index is 12.7. The summed E-state index contributed by atoms with van der Waals surface area (Å²) >= 11 is 14.4. The zero-order chi connectivity index (χ0) is 20.4. The number of thiophene rings is 1. The fourth-order valence-electron chi connectivity index (χ4n) is 2.59. The minimum absolute atomic E-state index is 0.220. The zero-order valence-electron chi connectivity index (χ0n) is 14.6. The van der Waals surface area contributed by atoms with Crippen LogP contribution in [0.25, 0.3) is 16.6 Å². The quantitative estimate of drug-likeness (QED) is 0.388. The summed E-state index contributed by atoms with van der Waals surface area (Å²) in [4.78, 5) is 29.1. The summed E-state index contributed by atoms with van der Waals surface area (Å²) in [5, 5.41) is 3.64. The molecule has 0 aliphatic rings. The molecule has 0 aliphatic heterocycles. The first kappa shape index (κ1) is 19.8. The van der Waals surface area contributed by atoms with Crippen molar-refractivity contribution in [3.8, 4) is 5.69 Å². The normalized spacial score (nSPS) is 10.8. The first-order valence-electron chi connectivity index (χ1n) is 8.26. The van der Waals surface area contributed by atoms with Gasteiger partial charge in [-0.05, 0) is 66.5 Å². The van der Waals surface area contributed by atoms with Crippen LogP contribution in [0.2, 0.25) is 9.36 Å². The van der Waals surface area contributed by atoms with Crippen molar-refractivity contribution >= 4 is 69.1 Å². The molecule has 0 saturated carbocycles. The largest absolute Gasteiger partial charge is 0.329 e. The molecule has 4 rings (SSSR count). The maximum atomic E-state index is 12.7. The molecule has 0 radical (unpaired) electrons. The van der Waals surface area contributed by atoms with Crippen molar-refractivity contribution in [3.05, 3.63) is 80.6 Å². The predicted octanol–water partition coefficient (Wildman–Crippen LogP) is 5.58. The number of hydrogen-bond donors (Lipinski definition) is 2. The van der Waals surface area contributed by atoms with E-state index in [2.05, 4.69) is 15.0 Å². The molecule has 0 unspecified atom stereocenters. The third kappa shape index (κ3) is 4.56. The summed E-state index contributed by atoms with van der Waals surface area (Å²) in [6, 6.07) is 15.1. The highest BCUT2D eigenvalue weighted by atomic mass is 35.5. The Morgan fingerprint density at radius 1 is 1.07 bits per heavy atom. The topological polar surface area (TPSA) is 76.0 Å². The fraction of sp³-hybridized carbons (Fsp3) is 0. The van der Waals surface area contributed by atoms with Crippen molar-refractivity contribution in [1.82, 2.24) is 14.3 Å². The molecular weight excluding hydrogens is 451 g/mol. The average molecular weight is 463 g/mol. The Kier molecular flexibility index (Phi) is 5.77. The van der Waals surface area contributed by atoms with Crippen LogP contribution >= 0.6 is 46.5 Å². The van der Waals surface area contributed by atoms with Crippen LogP contribution in [0.3, 0.4) is 0 Å². The number of hydrogen-bond acceptors (Lipinski definition) is 5. The molecule has 2 amide bonds. The second-order valence-corrected chi connectivity index (χ2v) is 9.10. The third-order valence-corrected chi connectivity index (χ3v) is 6.30. The van der Waals surface area contributed by atoms with Gasteiger partial charge in [-0.25, -0.2) is 9.78 Å². The molecule has 2 heterocycles. The number of carbonyl (C=O) groups is 1. The molecule has 4 aromatic rings. The Morgan fingerprint density at radius 3 is 2.59 bits per heavy atom. The molecular formula is C19H12Cl2N4O2S2. The fourth-order valence-corrected chi connectivity index (χ4v) is 4.62. The van der Waals surface area contributed by atoms with E-state index in [9.17, 15) is 9.59 Å². The molecule has 10 heteroatoms. The van der Waals surface area contributed by atoms with Crippen molar-refractivity contribution in [2.24, 2.45) is 0 Å². The standard InChI is InChI=1S/C19H12Cl2N4O2S2/c20-11-1-6-15-14(9-11)18(26)25(10-22-15)13-4-2-12(3-5-13)23-19(27)24-29-17-8-7-16(21)28-17/h1-10H,(H2,23,24,27). The lowest BCUT2D eigenvalue weighted by Gasteiger charge is -2.09. The van der Waals surface area contributed by atoms with E-state index in [1.165, 1.54) is 34.2 Å². The zero-order valence-corrected chi connectivity index (χ0v) is 17.7. The minimum Gasteiger partial charge on any atom is -0.307 e. The van der Waals surface area contributed by atoms with E-state index in [0.717, 1.165) is 4.21 Å². The van der Waals surface area contributed by atoms with E-state index in [-0.39, 0.29) is 11.6 Å². The second kappa shape index (κ2) is 8.46. The van der Waals surface area contributed by atoms with Gasteiger partial charge in [0.1, 0.15) is 6.33 Å². The Morgan fingerprint density at radius 2 is 1.86 bits per heavy atom. The molecule has 0 fully saturated rings. The molecule has 0 saturated heterocycles. The summed E-state index contributed by atoms with van der Waals surface area (Å²) < 4.78 is 5.65. The Hall–Kier alpha value is -2.52. The minimum atomic E-state index is -0.369. The van der Waals surface area contributed by atoms with Crippen molar-refractivity contribution in [2.75, 3.05) is 5.32 Å². The Balaban J connectivity index is 1.48. The number of carbonyl (C=O) groups excluding carboxylic acids is 1. The Bertz CT molecular complexity index is 1260. The molecule has 0 atom stereocenters. The van der Waals surface area contributed by atoms with Gasteiger partial charge in [0.2, 0.25) is 0 Å². The van der Waals surface area contributed by atoms with Gasteiger partial charge < -0.3 is 5.32 Å². The van der Waals surface area contributed by atoms with Crippen molar-refractivity contribution in [1.29, 1.82) is 0 Å². The number of benzene rings is 2. The van der Waals surface area contributed by atoms with Gasteiger partial charge in [0.05, 0.1) is 25.1 Å². The number of aromatic nitrogens is 2. The average Bonchev–Trinajstić information content (AvgIpc) is 3.13. The highest BCUT2D eigenvalue weighted by Gasteiger charge is 2.08. The number of nitrogens with zero attached hydrogens (tertiary/aromatic N) is 2. The molecule has 2 N–H and O–H groups in total. The SMILES string of the molecule is O=C(NSc1ccc(Cl)s1)Nc1ccc(-n2cnc3ccc(Cl)cc3c2=O)cc1. The van der Waals surface area contributed by atoms with Gasteiger partial charge >= 0.3 is 6.03 Å². The number of rotatable bonds is 4.